The summed E-state index contributed by atoms with van der Waals surface area (Å²) >= 11 is 3.10. The number of benzene rings is 1. The molecule has 16 heavy (non-hydrogen) atoms. The zero-order valence-electron chi connectivity index (χ0n) is 8.14. The molecule has 1 nitrogen and oxygen atoms in total. The molecule has 1 atom stereocenters. The van der Waals surface area contributed by atoms with Crippen molar-refractivity contribution >= 4 is 28.3 Å². The molecule has 6 heteroatoms. The van der Waals surface area contributed by atoms with Crippen LogP contribution in [-0.4, -0.2) is 6.54 Å². The fraction of sp³-hybridized carbons (Fsp3) is 0.400. The first-order chi connectivity index (χ1) is 6.97. The highest BCUT2D eigenvalue weighted by molar-refractivity contribution is 9.10. The third kappa shape index (κ3) is 2.90. The second-order valence-corrected chi connectivity index (χ2v) is 4.48. The minimum Gasteiger partial charge on any atom is -0.310 e. The maximum Gasteiger partial charge on any atom is 0.416 e. The Kier molecular flexibility index (Phi) is 4.26. The summed E-state index contributed by atoms with van der Waals surface area (Å²) in [6.07, 6.45) is -3.38. The molecule has 0 saturated carbocycles. The second-order valence-electron chi connectivity index (χ2n) is 3.57. The van der Waals surface area contributed by atoms with E-state index in [2.05, 4.69) is 21.2 Å². The van der Waals surface area contributed by atoms with E-state index in [0.29, 0.717) is 10.0 Å². The van der Waals surface area contributed by atoms with E-state index >= 15 is 0 Å². The minimum atomic E-state index is -4.28. The molecule has 1 fully saturated rings. The van der Waals surface area contributed by atoms with Crippen molar-refractivity contribution in [3.8, 4) is 0 Å². The molecule has 1 saturated heterocycles. The molecular weight excluding hydrogens is 306 g/mol. The number of nitrogens with one attached hydrogen (secondary N) is 1. The minimum absolute atomic E-state index is 0. The van der Waals surface area contributed by atoms with E-state index in [1.54, 1.807) is 6.07 Å². The predicted molar refractivity (Wildman–Crippen MR) is 61.8 cm³/mol. The molecular formula is C10H10BrClF3N. The first-order valence-electron chi connectivity index (χ1n) is 4.58. The lowest BCUT2D eigenvalue weighted by molar-refractivity contribution is -0.137. The molecule has 0 radical (unpaired) electrons. The number of hydrogen-bond acceptors (Lipinski definition) is 1. The summed E-state index contributed by atoms with van der Waals surface area (Å²) in [5, 5.41) is 3.08. The molecule has 90 valence electrons. The molecule has 0 bridgehead atoms. The van der Waals surface area contributed by atoms with Crippen LogP contribution in [0, 0.1) is 0 Å². The number of rotatable bonds is 1. The lowest BCUT2D eigenvalue weighted by Crippen LogP contribution is -2.35. The summed E-state index contributed by atoms with van der Waals surface area (Å²) in [5.74, 6) is 0. The van der Waals surface area contributed by atoms with Crippen LogP contribution < -0.4 is 5.32 Å². The van der Waals surface area contributed by atoms with Gasteiger partial charge in [-0.15, -0.1) is 12.4 Å². The first kappa shape index (κ1) is 13.8. The largest absolute Gasteiger partial charge is 0.416 e. The smallest absolute Gasteiger partial charge is 0.310 e. The van der Waals surface area contributed by atoms with Crippen LogP contribution in [-0.2, 0) is 6.18 Å². The van der Waals surface area contributed by atoms with Gasteiger partial charge in [-0.1, -0.05) is 15.9 Å². The van der Waals surface area contributed by atoms with Crippen LogP contribution in [0.15, 0.2) is 22.7 Å². The molecule has 0 unspecified atom stereocenters. The zero-order valence-corrected chi connectivity index (χ0v) is 10.5. The molecule has 1 aliphatic heterocycles. The molecule has 1 aromatic rings. The van der Waals surface area contributed by atoms with Gasteiger partial charge in [0, 0.05) is 10.5 Å². The third-order valence-electron chi connectivity index (χ3n) is 2.47. The standard InChI is InChI=1S/C10H9BrF3N.ClH/c11-8-4-6(9-1-2-15-9)3-7(5-8)10(12,13)14;/h3-5,9,15H,1-2H2;1H/t9-;/m1./s1. The molecule has 2 rings (SSSR count). The van der Waals surface area contributed by atoms with E-state index in [4.69, 9.17) is 0 Å². The summed E-state index contributed by atoms with van der Waals surface area (Å²) in [7, 11) is 0. The van der Waals surface area contributed by atoms with Gasteiger partial charge in [0.2, 0.25) is 0 Å². The maximum absolute atomic E-state index is 12.5. The summed E-state index contributed by atoms with van der Waals surface area (Å²) in [6.45, 7) is 0.874. The van der Waals surface area contributed by atoms with Crippen molar-refractivity contribution in [2.45, 2.75) is 18.6 Å². The number of alkyl halides is 3. The Morgan fingerprint density at radius 2 is 1.88 bits per heavy atom. The van der Waals surface area contributed by atoms with Gasteiger partial charge in [0.05, 0.1) is 5.56 Å². The van der Waals surface area contributed by atoms with E-state index in [-0.39, 0.29) is 18.4 Å². The molecule has 0 aromatic heterocycles. The maximum atomic E-state index is 12.5. The lowest BCUT2D eigenvalue weighted by Gasteiger charge is -2.28. The van der Waals surface area contributed by atoms with E-state index in [0.717, 1.165) is 19.0 Å². The van der Waals surface area contributed by atoms with Gasteiger partial charge in [-0.25, -0.2) is 0 Å². The average Bonchev–Trinajstić information content (AvgIpc) is 1.97. The van der Waals surface area contributed by atoms with Crippen molar-refractivity contribution in [1.82, 2.24) is 5.32 Å². The van der Waals surface area contributed by atoms with Crippen molar-refractivity contribution in [3.63, 3.8) is 0 Å². The highest BCUT2D eigenvalue weighted by atomic mass is 79.9. The van der Waals surface area contributed by atoms with Gasteiger partial charge >= 0.3 is 6.18 Å². The molecule has 1 N–H and O–H groups in total. The summed E-state index contributed by atoms with van der Waals surface area (Å²) in [4.78, 5) is 0. The van der Waals surface area contributed by atoms with Crippen LogP contribution in [0.25, 0.3) is 0 Å². The topological polar surface area (TPSA) is 12.0 Å². The summed E-state index contributed by atoms with van der Waals surface area (Å²) in [5.41, 5.74) is 0.100. The summed E-state index contributed by atoms with van der Waals surface area (Å²) < 4.78 is 37.9. The molecule has 1 aromatic carbocycles. The Balaban J connectivity index is 0.00000128. The number of halogens is 5. The molecule has 1 aliphatic rings. The number of hydrogen-bond donors (Lipinski definition) is 1. The summed E-state index contributed by atoms with van der Waals surface area (Å²) in [6, 6.07) is 4.11. The Morgan fingerprint density at radius 3 is 2.31 bits per heavy atom. The average molecular weight is 317 g/mol. The van der Waals surface area contributed by atoms with Crippen molar-refractivity contribution < 1.29 is 13.2 Å². The van der Waals surface area contributed by atoms with E-state index in [1.165, 1.54) is 6.07 Å². The van der Waals surface area contributed by atoms with Crippen molar-refractivity contribution in [1.29, 1.82) is 0 Å². The van der Waals surface area contributed by atoms with Gasteiger partial charge < -0.3 is 5.32 Å². The monoisotopic (exact) mass is 315 g/mol. The van der Waals surface area contributed by atoms with E-state index in [1.807, 2.05) is 0 Å². The first-order valence-corrected chi connectivity index (χ1v) is 5.37. The third-order valence-corrected chi connectivity index (χ3v) is 2.93. The van der Waals surface area contributed by atoms with Crippen molar-refractivity contribution in [3.05, 3.63) is 33.8 Å². The Morgan fingerprint density at radius 1 is 1.25 bits per heavy atom. The highest BCUT2D eigenvalue weighted by Crippen LogP contribution is 2.34. The van der Waals surface area contributed by atoms with Crippen LogP contribution in [0.5, 0.6) is 0 Å². The van der Waals surface area contributed by atoms with Gasteiger partial charge in [0.15, 0.2) is 0 Å². The second kappa shape index (κ2) is 4.94. The van der Waals surface area contributed by atoms with Crippen LogP contribution in [0.2, 0.25) is 0 Å². The fourth-order valence-electron chi connectivity index (χ4n) is 1.55. The SMILES string of the molecule is Cl.FC(F)(F)c1cc(Br)cc([C@H]2CCN2)c1. The Bertz CT molecular complexity index is 377. The normalized spacial score (nSPS) is 19.9. The van der Waals surface area contributed by atoms with Crippen LogP contribution >= 0.6 is 28.3 Å². The predicted octanol–water partition coefficient (Wildman–Crippen LogP) is 3.92. The Hall–Kier alpha value is -0.260. The van der Waals surface area contributed by atoms with Crippen LogP contribution in [0.3, 0.4) is 0 Å². The van der Waals surface area contributed by atoms with Crippen LogP contribution in [0.1, 0.15) is 23.6 Å². The fourth-order valence-corrected chi connectivity index (χ4v) is 2.06. The van der Waals surface area contributed by atoms with E-state index < -0.39 is 11.7 Å². The molecule has 0 aliphatic carbocycles. The van der Waals surface area contributed by atoms with Gasteiger partial charge in [-0.2, -0.15) is 13.2 Å². The molecule has 0 amide bonds. The molecule has 1 heterocycles. The molecule has 0 spiro atoms. The quantitative estimate of drug-likeness (QED) is 0.828. The van der Waals surface area contributed by atoms with Crippen molar-refractivity contribution in [2.75, 3.05) is 6.54 Å². The van der Waals surface area contributed by atoms with Crippen molar-refractivity contribution in [2.24, 2.45) is 0 Å². The Labute approximate surface area is 106 Å². The van der Waals surface area contributed by atoms with Gasteiger partial charge in [0.1, 0.15) is 0 Å². The van der Waals surface area contributed by atoms with Gasteiger partial charge in [0.25, 0.3) is 0 Å². The zero-order chi connectivity index (χ0) is 11.1. The van der Waals surface area contributed by atoms with Gasteiger partial charge in [-0.05, 0) is 36.7 Å². The van der Waals surface area contributed by atoms with E-state index in [9.17, 15) is 13.2 Å². The van der Waals surface area contributed by atoms with Crippen LogP contribution in [0.4, 0.5) is 13.2 Å². The lowest BCUT2D eigenvalue weighted by atomic mass is 9.96. The highest BCUT2D eigenvalue weighted by Gasteiger charge is 2.32. The van der Waals surface area contributed by atoms with Gasteiger partial charge in [-0.3, -0.25) is 0 Å².